The zero-order valence-electron chi connectivity index (χ0n) is 6.63. The van der Waals surface area contributed by atoms with Gasteiger partial charge in [0.25, 0.3) is 0 Å². The van der Waals surface area contributed by atoms with Crippen LogP contribution in [0.4, 0.5) is 0 Å². The Morgan fingerprint density at radius 2 is 2.27 bits per heavy atom. The van der Waals surface area contributed by atoms with E-state index in [1.165, 1.54) is 6.92 Å². The molecule has 0 aromatic carbocycles. The van der Waals surface area contributed by atoms with Crippen molar-refractivity contribution in [1.82, 2.24) is 0 Å². The molecule has 3 heteroatoms. The Morgan fingerprint density at radius 1 is 1.55 bits per heavy atom. The van der Waals surface area contributed by atoms with Crippen molar-refractivity contribution in [1.29, 1.82) is 0 Å². The molecule has 1 atom stereocenters. The van der Waals surface area contributed by atoms with Gasteiger partial charge in [-0.3, -0.25) is 9.59 Å². The number of hydrogen-bond acceptors (Lipinski definition) is 3. The van der Waals surface area contributed by atoms with E-state index in [4.69, 9.17) is 4.74 Å². The third-order valence-electron chi connectivity index (χ3n) is 1.71. The number of ketones is 2. The lowest BCUT2D eigenvalue weighted by atomic mass is 10.1. The molecule has 0 radical (unpaired) electrons. The van der Waals surface area contributed by atoms with E-state index >= 15 is 0 Å². The topological polar surface area (TPSA) is 43.4 Å². The largest absolute Gasteiger partial charge is 0.370 e. The van der Waals surface area contributed by atoms with Gasteiger partial charge in [-0.15, -0.1) is 0 Å². The molecule has 11 heavy (non-hydrogen) atoms. The Hall–Kier alpha value is -0.700. The van der Waals surface area contributed by atoms with Crippen molar-refractivity contribution in [2.45, 2.75) is 32.3 Å². The fourth-order valence-electron chi connectivity index (χ4n) is 1.19. The van der Waals surface area contributed by atoms with Crippen LogP contribution in [0.15, 0.2) is 0 Å². The van der Waals surface area contributed by atoms with Gasteiger partial charge >= 0.3 is 0 Å². The fourth-order valence-corrected chi connectivity index (χ4v) is 1.19. The van der Waals surface area contributed by atoms with Gasteiger partial charge in [-0.1, -0.05) is 0 Å². The van der Waals surface area contributed by atoms with Gasteiger partial charge in [0.05, 0.1) is 6.42 Å². The van der Waals surface area contributed by atoms with Gasteiger partial charge in [0.1, 0.15) is 11.9 Å². The second kappa shape index (κ2) is 3.62. The van der Waals surface area contributed by atoms with E-state index < -0.39 is 0 Å². The molecule has 0 saturated carbocycles. The summed E-state index contributed by atoms with van der Waals surface area (Å²) in [6.45, 7) is 2.08. The van der Waals surface area contributed by atoms with E-state index in [1.54, 1.807) is 0 Å². The Morgan fingerprint density at radius 3 is 2.73 bits per heavy atom. The smallest absolute Gasteiger partial charge is 0.168 e. The van der Waals surface area contributed by atoms with Crippen LogP contribution in [-0.2, 0) is 14.3 Å². The summed E-state index contributed by atoms with van der Waals surface area (Å²) in [5.41, 5.74) is 0. The Labute approximate surface area is 65.7 Å². The van der Waals surface area contributed by atoms with Crippen LogP contribution in [-0.4, -0.2) is 24.3 Å². The molecule has 0 aromatic heterocycles. The maximum absolute atomic E-state index is 11.1. The van der Waals surface area contributed by atoms with Gasteiger partial charge in [-0.25, -0.2) is 0 Å². The second-order valence-electron chi connectivity index (χ2n) is 2.85. The molecular weight excluding hydrogens is 144 g/mol. The maximum atomic E-state index is 11.1. The van der Waals surface area contributed by atoms with Crippen LogP contribution in [0.5, 0.6) is 0 Å². The van der Waals surface area contributed by atoms with Crippen molar-refractivity contribution in [2.75, 3.05) is 6.61 Å². The van der Waals surface area contributed by atoms with Crippen LogP contribution in [0, 0.1) is 0 Å². The highest BCUT2D eigenvalue weighted by atomic mass is 16.5. The summed E-state index contributed by atoms with van der Waals surface area (Å²) in [6.07, 6.45) is 1.46. The molecule has 0 amide bonds. The average molecular weight is 156 g/mol. The van der Waals surface area contributed by atoms with E-state index in [9.17, 15) is 9.59 Å². The molecule has 1 heterocycles. The van der Waals surface area contributed by atoms with Crippen molar-refractivity contribution in [3.8, 4) is 0 Å². The molecule has 0 spiro atoms. The van der Waals surface area contributed by atoms with Crippen molar-refractivity contribution >= 4 is 11.6 Å². The highest BCUT2D eigenvalue weighted by Gasteiger charge is 2.23. The normalized spacial score (nSPS) is 23.5. The molecule has 1 rings (SSSR count). The minimum atomic E-state index is -0.293. The minimum absolute atomic E-state index is 0.0324. The zero-order valence-corrected chi connectivity index (χ0v) is 6.63. The van der Waals surface area contributed by atoms with Gasteiger partial charge in [0.2, 0.25) is 0 Å². The fraction of sp³-hybridized carbons (Fsp3) is 0.750. The van der Waals surface area contributed by atoms with Crippen LogP contribution in [0.3, 0.4) is 0 Å². The van der Waals surface area contributed by atoms with Crippen molar-refractivity contribution in [3.63, 3.8) is 0 Å². The van der Waals surface area contributed by atoms with E-state index in [1.807, 2.05) is 0 Å². The molecule has 0 N–H and O–H groups in total. The quantitative estimate of drug-likeness (QED) is 0.565. The summed E-state index contributed by atoms with van der Waals surface area (Å²) in [5.74, 6) is -0.138. The predicted octanol–water partition coefficient (Wildman–Crippen LogP) is 0.714. The standard InChI is InChI=1S/C8H12O3/c1-6(9)5-7(10)8-3-2-4-11-8/h8H,2-5H2,1H3/t8-/m0/s1. The summed E-state index contributed by atoms with van der Waals surface area (Å²) in [5, 5.41) is 0. The van der Waals surface area contributed by atoms with Crippen LogP contribution >= 0.6 is 0 Å². The van der Waals surface area contributed by atoms with Crippen LogP contribution < -0.4 is 0 Å². The van der Waals surface area contributed by atoms with Crippen LogP contribution in [0.1, 0.15) is 26.2 Å². The predicted molar refractivity (Wildman–Crippen MR) is 39.3 cm³/mol. The van der Waals surface area contributed by atoms with Crippen LogP contribution in [0.2, 0.25) is 0 Å². The average Bonchev–Trinajstić information content (AvgIpc) is 2.35. The highest BCUT2D eigenvalue weighted by molar-refractivity contribution is 6.00. The van der Waals surface area contributed by atoms with Crippen LogP contribution in [0.25, 0.3) is 0 Å². The molecule has 1 fully saturated rings. The number of Topliss-reactive ketones (excluding diaryl/α,β-unsaturated/α-hetero) is 2. The number of carbonyl (C=O) groups is 2. The monoisotopic (exact) mass is 156 g/mol. The first-order chi connectivity index (χ1) is 5.20. The third-order valence-corrected chi connectivity index (χ3v) is 1.71. The molecule has 3 nitrogen and oxygen atoms in total. The summed E-state index contributed by atoms with van der Waals surface area (Å²) >= 11 is 0. The van der Waals surface area contributed by atoms with Crippen molar-refractivity contribution in [2.24, 2.45) is 0 Å². The number of rotatable bonds is 3. The third kappa shape index (κ3) is 2.42. The zero-order chi connectivity index (χ0) is 8.27. The lowest BCUT2D eigenvalue weighted by Gasteiger charge is -2.04. The van der Waals surface area contributed by atoms with E-state index in [-0.39, 0.29) is 24.1 Å². The number of hydrogen-bond donors (Lipinski definition) is 0. The van der Waals surface area contributed by atoms with Gasteiger partial charge in [0.15, 0.2) is 5.78 Å². The first kappa shape index (κ1) is 8.40. The van der Waals surface area contributed by atoms with Crippen molar-refractivity contribution in [3.05, 3.63) is 0 Å². The van der Waals surface area contributed by atoms with Gasteiger partial charge in [0, 0.05) is 6.61 Å². The SMILES string of the molecule is CC(=O)CC(=O)[C@@H]1CCCO1. The van der Waals surface area contributed by atoms with E-state index in [0.717, 1.165) is 12.8 Å². The van der Waals surface area contributed by atoms with Gasteiger partial charge in [-0.2, -0.15) is 0 Å². The Balaban J connectivity index is 2.34. The molecule has 0 aliphatic carbocycles. The molecule has 0 unspecified atom stereocenters. The molecular formula is C8H12O3. The lowest BCUT2D eigenvalue weighted by molar-refractivity contribution is -0.132. The highest BCUT2D eigenvalue weighted by Crippen LogP contribution is 2.13. The van der Waals surface area contributed by atoms with E-state index in [2.05, 4.69) is 0 Å². The maximum Gasteiger partial charge on any atom is 0.168 e. The molecule has 0 aromatic rings. The summed E-state index contributed by atoms with van der Waals surface area (Å²) < 4.78 is 5.11. The first-order valence-corrected chi connectivity index (χ1v) is 3.84. The first-order valence-electron chi connectivity index (χ1n) is 3.84. The Kier molecular flexibility index (Phi) is 2.76. The molecule has 1 aliphatic heterocycles. The molecule has 1 saturated heterocycles. The summed E-state index contributed by atoms with van der Waals surface area (Å²) in [6, 6.07) is 0. The Bertz CT molecular complexity index is 168. The number of carbonyl (C=O) groups excluding carboxylic acids is 2. The summed E-state index contributed by atoms with van der Waals surface area (Å²) in [7, 11) is 0. The van der Waals surface area contributed by atoms with Gasteiger partial charge in [-0.05, 0) is 19.8 Å². The molecule has 0 bridgehead atoms. The molecule has 1 aliphatic rings. The van der Waals surface area contributed by atoms with Gasteiger partial charge < -0.3 is 4.74 Å². The minimum Gasteiger partial charge on any atom is -0.370 e. The summed E-state index contributed by atoms with van der Waals surface area (Å²) in [4.78, 5) is 21.6. The lowest BCUT2D eigenvalue weighted by Crippen LogP contribution is -2.21. The molecule has 62 valence electrons. The van der Waals surface area contributed by atoms with Crippen molar-refractivity contribution < 1.29 is 14.3 Å². The second-order valence-corrected chi connectivity index (χ2v) is 2.85. The van der Waals surface area contributed by atoms with E-state index in [0.29, 0.717) is 6.61 Å². The number of ether oxygens (including phenoxy) is 1.